The van der Waals surface area contributed by atoms with Crippen LogP contribution in [0.5, 0.6) is 0 Å². The number of carbonyl (C=O) groups excluding carboxylic acids is 4. The summed E-state index contributed by atoms with van der Waals surface area (Å²) in [5, 5.41) is 2.72. The molecule has 1 saturated carbocycles. The molecule has 2 fully saturated rings. The van der Waals surface area contributed by atoms with Gasteiger partial charge in [-0.05, 0) is 55.4 Å². The first-order valence-electron chi connectivity index (χ1n) is 9.95. The molecule has 2 unspecified atom stereocenters. The first-order chi connectivity index (χ1) is 13.5. The molecule has 0 aromatic heterocycles. The molecule has 3 aliphatic rings. The number of nitrogens with zero attached hydrogens (tertiary/aromatic N) is 1. The molecule has 1 aromatic carbocycles. The third-order valence-electron chi connectivity index (χ3n) is 5.97. The van der Waals surface area contributed by atoms with Crippen LogP contribution in [0, 0.1) is 11.8 Å². The quantitative estimate of drug-likeness (QED) is 0.618. The second kappa shape index (κ2) is 7.73. The average Bonchev–Trinajstić information content (AvgIpc) is 3.25. The Morgan fingerprint density at radius 1 is 1.00 bits per heavy atom. The number of carbonyl (C=O) groups is 4. The Bertz CT molecular complexity index is 810. The monoisotopic (exact) mass is 384 g/mol. The summed E-state index contributed by atoms with van der Waals surface area (Å²) in [4.78, 5) is 49.9. The summed E-state index contributed by atoms with van der Waals surface area (Å²) in [6.07, 6.45) is 6.46. The van der Waals surface area contributed by atoms with E-state index in [4.69, 9.17) is 4.74 Å². The highest BCUT2D eigenvalue weighted by Gasteiger charge is 2.48. The second-order valence-corrected chi connectivity index (χ2v) is 7.81. The van der Waals surface area contributed by atoms with Crippen LogP contribution < -0.4 is 5.32 Å². The van der Waals surface area contributed by atoms with Crippen molar-refractivity contribution in [1.29, 1.82) is 0 Å². The molecule has 1 aliphatic heterocycles. The number of imide groups is 1. The number of benzene rings is 1. The maximum absolute atomic E-state index is 12.4. The van der Waals surface area contributed by atoms with Gasteiger partial charge in [0.05, 0.1) is 11.8 Å². The summed E-state index contributed by atoms with van der Waals surface area (Å²) in [7, 11) is 0. The number of hydrogen-bond donors (Lipinski definition) is 1. The number of likely N-dealkylation sites (tertiary alicyclic amines) is 1. The van der Waals surface area contributed by atoms with E-state index >= 15 is 0 Å². The van der Waals surface area contributed by atoms with Crippen LogP contribution in [0.2, 0.25) is 0 Å². The Morgan fingerprint density at radius 3 is 2.39 bits per heavy atom. The molecule has 2 aliphatic carbocycles. The van der Waals surface area contributed by atoms with E-state index in [2.05, 4.69) is 5.32 Å². The van der Waals surface area contributed by atoms with Gasteiger partial charge in [-0.2, -0.15) is 0 Å². The standard InChI is InChI=1S/C21H24N2O5/c24-18(22-15-9-8-13-4-3-5-14(13)10-15)12-28-19(25)11-23-20(26)16-6-1-2-7-17(16)21(23)27/h8-10,16-17H,1-7,11-12H2,(H,22,24). The smallest absolute Gasteiger partial charge is 0.326 e. The molecule has 1 heterocycles. The summed E-state index contributed by atoms with van der Waals surface area (Å²) in [6.45, 7) is -0.865. The lowest BCUT2D eigenvalue weighted by Crippen LogP contribution is -2.37. The second-order valence-electron chi connectivity index (χ2n) is 7.81. The van der Waals surface area contributed by atoms with Gasteiger partial charge in [-0.1, -0.05) is 18.9 Å². The van der Waals surface area contributed by atoms with Crippen molar-refractivity contribution in [3.05, 3.63) is 29.3 Å². The Balaban J connectivity index is 1.27. The van der Waals surface area contributed by atoms with E-state index in [0.717, 1.165) is 37.0 Å². The zero-order valence-corrected chi connectivity index (χ0v) is 15.7. The van der Waals surface area contributed by atoms with Crippen molar-refractivity contribution < 1.29 is 23.9 Å². The van der Waals surface area contributed by atoms with Gasteiger partial charge in [0.1, 0.15) is 6.54 Å². The zero-order valence-electron chi connectivity index (χ0n) is 15.7. The number of anilines is 1. The normalized spacial score (nSPS) is 23.4. The van der Waals surface area contributed by atoms with Crippen molar-refractivity contribution in [2.75, 3.05) is 18.5 Å². The molecule has 0 bridgehead atoms. The number of ether oxygens (including phenoxy) is 1. The number of rotatable bonds is 5. The largest absolute Gasteiger partial charge is 0.454 e. The molecule has 28 heavy (non-hydrogen) atoms. The molecule has 7 heteroatoms. The third-order valence-corrected chi connectivity index (χ3v) is 5.97. The fourth-order valence-electron chi connectivity index (χ4n) is 4.55. The predicted molar refractivity (Wildman–Crippen MR) is 100 cm³/mol. The zero-order chi connectivity index (χ0) is 19.7. The third kappa shape index (κ3) is 3.66. The minimum Gasteiger partial charge on any atom is -0.454 e. The van der Waals surface area contributed by atoms with E-state index in [1.54, 1.807) is 0 Å². The fraction of sp³-hybridized carbons (Fsp3) is 0.524. The molecule has 1 N–H and O–H groups in total. The molecule has 148 valence electrons. The minimum absolute atomic E-state index is 0.283. The van der Waals surface area contributed by atoms with Crippen LogP contribution >= 0.6 is 0 Å². The molecule has 1 saturated heterocycles. The topological polar surface area (TPSA) is 92.8 Å². The van der Waals surface area contributed by atoms with Crippen molar-refractivity contribution in [2.24, 2.45) is 11.8 Å². The van der Waals surface area contributed by atoms with Gasteiger partial charge in [0, 0.05) is 5.69 Å². The van der Waals surface area contributed by atoms with Crippen molar-refractivity contribution in [1.82, 2.24) is 4.90 Å². The average molecular weight is 384 g/mol. The van der Waals surface area contributed by atoms with E-state index in [1.165, 1.54) is 11.1 Å². The van der Waals surface area contributed by atoms with Crippen molar-refractivity contribution in [2.45, 2.75) is 44.9 Å². The molecule has 0 spiro atoms. The van der Waals surface area contributed by atoms with E-state index in [-0.39, 0.29) is 23.7 Å². The summed E-state index contributed by atoms with van der Waals surface area (Å²) >= 11 is 0. The molecule has 1 aromatic rings. The van der Waals surface area contributed by atoms with Crippen LogP contribution in [0.3, 0.4) is 0 Å². The van der Waals surface area contributed by atoms with E-state index in [0.29, 0.717) is 18.5 Å². The summed E-state index contributed by atoms with van der Waals surface area (Å²) in [5.41, 5.74) is 3.22. The molecule has 4 rings (SSSR count). The SMILES string of the molecule is O=C(COC(=O)CN1C(=O)C2CCCCC2C1=O)Nc1ccc2c(c1)CCC2. The van der Waals surface area contributed by atoms with Gasteiger partial charge >= 0.3 is 5.97 Å². The van der Waals surface area contributed by atoms with Crippen LogP contribution in [0.25, 0.3) is 0 Å². The molecule has 7 nitrogen and oxygen atoms in total. The summed E-state index contributed by atoms with van der Waals surface area (Å²) in [6, 6.07) is 5.80. The van der Waals surface area contributed by atoms with E-state index in [9.17, 15) is 19.2 Å². The summed E-state index contributed by atoms with van der Waals surface area (Å²) in [5.74, 6) is -2.35. The van der Waals surface area contributed by atoms with Gasteiger partial charge in [0.2, 0.25) is 11.8 Å². The Labute approximate surface area is 163 Å². The van der Waals surface area contributed by atoms with Gasteiger partial charge in [-0.15, -0.1) is 0 Å². The number of aryl methyl sites for hydroxylation is 2. The molecular weight excluding hydrogens is 360 g/mol. The van der Waals surface area contributed by atoms with Crippen LogP contribution in [0.4, 0.5) is 5.69 Å². The lowest BCUT2D eigenvalue weighted by Gasteiger charge is -2.19. The molecule has 0 radical (unpaired) electrons. The van der Waals surface area contributed by atoms with Crippen LogP contribution in [0.15, 0.2) is 18.2 Å². The van der Waals surface area contributed by atoms with Gasteiger partial charge in [0.25, 0.3) is 5.91 Å². The first kappa shape index (κ1) is 18.7. The number of fused-ring (bicyclic) bond motifs is 2. The van der Waals surface area contributed by atoms with Crippen molar-refractivity contribution in [3.63, 3.8) is 0 Å². The Morgan fingerprint density at radius 2 is 1.68 bits per heavy atom. The van der Waals surface area contributed by atoms with Crippen LogP contribution in [0.1, 0.15) is 43.2 Å². The van der Waals surface area contributed by atoms with Crippen molar-refractivity contribution in [3.8, 4) is 0 Å². The molecule has 2 atom stereocenters. The lowest BCUT2D eigenvalue weighted by atomic mass is 9.81. The lowest BCUT2D eigenvalue weighted by molar-refractivity contribution is -0.154. The molecule has 3 amide bonds. The minimum atomic E-state index is -0.746. The number of hydrogen-bond acceptors (Lipinski definition) is 5. The number of esters is 1. The summed E-state index contributed by atoms with van der Waals surface area (Å²) < 4.78 is 4.98. The van der Waals surface area contributed by atoms with Gasteiger partial charge in [-0.3, -0.25) is 24.1 Å². The first-order valence-corrected chi connectivity index (χ1v) is 9.95. The number of nitrogens with one attached hydrogen (secondary N) is 1. The highest BCUT2D eigenvalue weighted by Crippen LogP contribution is 2.37. The number of amides is 3. The van der Waals surface area contributed by atoms with E-state index in [1.807, 2.05) is 18.2 Å². The maximum atomic E-state index is 12.4. The maximum Gasteiger partial charge on any atom is 0.326 e. The highest BCUT2D eigenvalue weighted by atomic mass is 16.5. The van der Waals surface area contributed by atoms with Gasteiger partial charge in [-0.25, -0.2) is 0 Å². The fourth-order valence-corrected chi connectivity index (χ4v) is 4.55. The van der Waals surface area contributed by atoms with Crippen molar-refractivity contribution >= 4 is 29.4 Å². The van der Waals surface area contributed by atoms with Crippen LogP contribution in [-0.2, 0) is 36.8 Å². The Kier molecular flexibility index (Phi) is 5.15. The Hall–Kier alpha value is -2.70. The highest BCUT2D eigenvalue weighted by molar-refractivity contribution is 6.07. The van der Waals surface area contributed by atoms with Gasteiger partial charge < -0.3 is 10.1 Å². The van der Waals surface area contributed by atoms with E-state index < -0.39 is 25.0 Å². The van der Waals surface area contributed by atoms with Gasteiger partial charge in [0.15, 0.2) is 6.61 Å². The van der Waals surface area contributed by atoms with Crippen LogP contribution in [-0.4, -0.2) is 41.7 Å². The molecular formula is C21H24N2O5. The predicted octanol–water partition coefficient (Wildman–Crippen LogP) is 1.83.